The molecule has 0 radical (unpaired) electrons. The van der Waals surface area contributed by atoms with Gasteiger partial charge in [-0.15, -0.1) is 0 Å². The van der Waals surface area contributed by atoms with Gasteiger partial charge in [-0.2, -0.15) is 14.7 Å². The lowest BCUT2D eigenvalue weighted by molar-refractivity contribution is 0.0569. The van der Waals surface area contributed by atoms with Crippen LogP contribution in [0.5, 0.6) is 5.75 Å². The van der Waals surface area contributed by atoms with E-state index in [1.807, 2.05) is 29.1 Å². The number of benzene rings is 1. The summed E-state index contributed by atoms with van der Waals surface area (Å²) in [7, 11) is 3.33. The van der Waals surface area contributed by atoms with E-state index in [4.69, 9.17) is 14.6 Å². The van der Waals surface area contributed by atoms with Crippen molar-refractivity contribution in [3.63, 3.8) is 0 Å². The highest BCUT2D eigenvalue weighted by atomic mass is 16.5. The lowest BCUT2D eigenvalue weighted by Gasteiger charge is -2.27. The number of rotatable bonds is 5. The van der Waals surface area contributed by atoms with Crippen molar-refractivity contribution in [2.75, 3.05) is 19.5 Å². The fraction of sp³-hybridized carbons (Fsp3) is 0.364. The van der Waals surface area contributed by atoms with E-state index in [2.05, 4.69) is 15.4 Å². The Morgan fingerprint density at radius 2 is 2.03 bits per heavy atom. The van der Waals surface area contributed by atoms with Crippen molar-refractivity contribution in [3.05, 3.63) is 48.4 Å². The number of methoxy groups -OCH3 is 2. The second-order valence-electron chi connectivity index (χ2n) is 7.78. The first-order valence-electron chi connectivity index (χ1n) is 10.4. The summed E-state index contributed by atoms with van der Waals surface area (Å²) >= 11 is 0. The Morgan fingerprint density at radius 3 is 2.81 bits per heavy atom. The summed E-state index contributed by atoms with van der Waals surface area (Å²) in [5.41, 5.74) is 1.90. The Labute approximate surface area is 179 Å². The van der Waals surface area contributed by atoms with Gasteiger partial charge in [0.05, 0.1) is 36.5 Å². The van der Waals surface area contributed by atoms with Gasteiger partial charge in [0.15, 0.2) is 11.5 Å². The van der Waals surface area contributed by atoms with Gasteiger partial charge in [0.1, 0.15) is 5.75 Å². The maximum atomic E-state index is 13.1. The summed E-state index contributed by atoms with van der Waals surface area (Å²) in [6, 6.07) is 7.60. The molecule has 0 unspecified atom stereocenters. The van der Waals surface area contributed by atoms with Crippen LogP contribution in [0.4, 0.5) is 5.82 Å². The molecule has 9 heteroatoms. The molecule has 1 amide bonds. The Morgan fingerprint density at radius 1 is 1.19 bits per heavy atom. The van der Waals surface area contributed by atoms with Crippen LogP contribution in [0.25, 0.3) is 16.6 Å². The summed E-state index contributed by atoms with van der Waals surface area (Å²) in [5.74, 6) is 0.674. The van der Waals surface area contributed by atoms with Crippen LogP contribution < -0.4 is 10.1 Å². The van der Waals surface area contributed by atoms with Crippen molar-refractivity contribution in [2.24, 2.45) is 0 Å². The highest BCUT2D eigenvalue weighted by Gasteiger charge is 2.24. The number of carbonyl (C=O) groups is 1. The van der Waals surface area contributed by atoms with E-state index < -0.39 is 0 Å². The van der Waals surface area contributed by atoms with Gasteiger partial charge in [0.25, 0.3) is 5.91 Å². The number of fused-ring (bicyclic) bond motifs is 2. The third kappa shape index (κ3) is 3.61. The van der Waals surface area contributed by atoms with E-state index in [0.717, 1.165) is 36.6 Å². The predicted octanol–water partition coefficient (Wildman–Crippen LogP) is 3.47. The third-order valence-electron chi connectivity index (χ3n) is 5.96. The summed E-state index contributed by atoms with van der Waals surface area (Å²) in [6.45, 7) is 0. The zero-order valence-electron chi connectivity index (χ0n) is 17.5. The Kier molecular flexibility index (Phi) is 5.03. The van der Waals surface area contributed by atoms with Crippen molar-refractivity contribution >= 4 is 28.3 Å². The number of ether oxygens (including phenoxy) is 2. The lowest BCUT2D eigenvalue weighted by atomic mass is 9.93. The fourth-order valence-electron chi connectivity index (χ4n) is 4.25. The average Bonchev–Trinajstić information content (AvgIpc) is 3.42. The Bertz CT molecular complexity index is 1240. The first kappa shape index (κ1) is 19.5. The number of nitrogens with one attached hydrogen (secondary N) is 1. The molecule has 0 atom stereocenters. The molecule has 4 aromatic rings. The molecule has 1 aromatic carbocycles. The van der Waals surface area contributed by atoms with Crippen molar-refractivity contribution in [3.8, 4) is 5.75 Å². The number of hydrogen-bond acceptors (Lipinski definition) is 6. The van der Waals surface area contributed by atoms with E-state index in [1.165, 1.54) is 0 Å². The van der Waals surface area contributed by atoms with Gasteiger partial charge in [0.2, 0.25) is 0 Å². The molecule has 1 aliphatic rings. The van der Waals surface area contributed by atoms with Gasteiger partial charge in [-0.05, 0) is 43.9 Å². The smallest absolute Gasteiger partial charge is 0.260 e. The van der Waals surface area contributed by atoms with E-state index in [0.29, 0.717) is 34.9 Å². The summed E-state index contributed by atoms with van der Waals surface area (Å²) in [5, 5.41) is 12.8. The normalized spacial score (nSPS) is 19.0. The van der Waals surface area contributed by atoms with E-state index >= 15 is 0 Å². The van der Waals surface area contributed by atoms with Crippen molar-refractivity contribution in [1.29, 1.82) is 0 Å². The zero-order chi connectivity index (χ0) is 21.4. The second-order valence-corrected chi connectivity index (χ2v) is 7.78. The molecular weight excluding hydrogens is 396 g/mol. The van der Waals surface area contributed by atoms with Crippen molar-refractivity contribution in [2.45, 2.75) is 37.8 Å². The summed E-state index contributed by atoms with van der Waals surface area (Å²) < 4.78 is 14.6. The van der Waals surface area contributed by atoms with Gasteiger partial charge < -0.3 is 14.8 Å². The molecule has 3 heterocycles. The highest BCUT2D eigenvalue weighted by molar-refractivity contribution is 6.08. The van der Waals surface area contributed by atoms with Crippen LogP contribution in [0, 0.1) is 0 Å². The maximum absolute atomic E-state index is 13.1. The van der Waals surface area contributed by atoms with Crippen molar-refractivity contribution in [1.82, 2.24) is 24.4 Å². The highest BCUT2D eigenvalue weighted by Crippen LogP contribution is 2.32. The monoisotopic (exact) mass is 420 g/mol. The molecule has 31 heavy (non-hydrogen) atoms. The minimum atomic E-state index is -0.292. The van der Waals surface area contributed by atoms with Crippen LogP contribution in [0.15, 0.2) is 42.9 Å². The second kappa shape index (κ2) is 7.99. The molecule has 1 aliphatic carbocycles. The number of nitrogens with zero attached hydrogens (tertiary/aromatic N) is 5. The quantitative estimate of drug-likeness (QED) is 0.531. The van der Waals surface area contributed by atoms with Crippen LogP contribution in [0.2, 0.25) is 0 Å². The first-order chi connectivity index (χ1) is 15.2. The molecule has 3 aromatic heterocycles. The molecule has 1 fully saturated rings. The van der Waals surface area contributed by atoms with Crippen LogP contribution in [-0.4, -0.2) is 50.6 Å². The number of imidazole rings is 1. The third-order valence-corrected chi connectivity index (χ3v) is 5.96. The lowest BCUT2D eigenvalue weighted by Crippen LogP contribution is -2.22. The molecule has 0 bridgehead atoms. The van der Waals surface area contributed by atoms with Gasteiger partial charge in [-0.3, -0.25) is 9.48 Å². The summed E-state index contributed by atoms with van der Waals surface area (Å²) in [6.07, 6.45) is 9.69. The molecule has 160 valence electrons. The molecule has 0 saturated heterocycles. The SMILES string of the molecule is COc1cc2nn([C@H]3CC[C@@H](OC)CC3)cc2cc1C(=O)Nc1cnc2cccnn12. The first-order valence-corrected chi connectivity index (χ1v) is 10.4. The molecular formula is C22H24N6O3. The molecule has 1 saturated carbocycles. The average molecular weight is 420 g/mol. The fourth-order valence-corrected chi connectivity index (χ4v) is 4.25. The molecule has 0 aliphatic heterocycles. The standard InChI is InChI=1S/C22H24N6O3/c1-30-16-7-5-15(6-8-16)27-13-14-10-17(19(31-2)11-18(14)26-27)22(29)25-21-12-23-20-4-3-9-24-28(20)21/h3-4,9-13,15-16H,5-8H2,1-2H3,(H,25,29)/t15-,16+. The predicted molar refractivity (Wildman–Crippen MR) is 116 cm³/mol. The topological polar surface area (TPSA) is 95.6 Å². The van der Waals surface area contributed by atoms with Crippen LogP contribution >= 0.6 is 0 Å². The van der Waals surface area contributed by atoms with Crippen LogP contribution in [0.3, 0.4) is 0 Å². The van der Waals surface area contributed by atoms with E-state index in [1.54, 1.807) is 37.2 Å². The molecule has 9 nitrogen and oxygen atoms in total. The van der Waals surface area contributed by atoms with Gasteiger partial charge >= 0.3 is 0 Å². The number of carbonyl (C=O) groups excluding carboxylic acids is 1. The van der Waals surface area contributed by atoms with Crippen molar-refractivity contribution < 1.29 is 14.3 Å². The molecule has 0 spiro atoms. The van der Waals surface area contributed by atoms with Gasteiger partial charge in [-0.1, -0.05) is 0 Å². The van der Waals surface area contributed by atoms with Gasteiger partial charge in [0, 0.05) is 31.0 Å². The minimum absolute atomic E-state index is 0.292. The Balaban J connectivity index is 1.43. The maximum Gasteiger partial charge on any atom is 0.260 e. The van der Waals surface area contributed by atoms with E-state index in [9.17, 15) is 4.79 Å². The molecule has 1 N–H and O–H groups in total. The Hall–Kier alpha value is -3.46. The van der Waals surface area contributed by atoms with E-state index in [-0.39, 0.29) is 5.91 Å². The van der Waals surface area contributed by atoms with Crippen LogP contribution in [-0.2, 0) is 4.74 Å². The van der Waals surface area contributed by atoms with Crippen LogP contribution in [0.1, 0.15) is 42.1 Å². The molecule has 5 rings (SSSR count). The largest absolute Gasteiger partial charge is 0.496 e. The number of hydrogen-bond donors (Lipinski definition) is 1. The minimum Gasteiger partial charge on any atom is -0.496 e. The number of amides is 1. The van der Waals surface area contributed by atoms with Gasteiger partial charge in [-0.25, -0.2) is 4.98 Å². The summed E-state index contributed by atoms with van der Waals surface area (Å²) in [4.78, 5) is 17.3. The number of aromatic nitrogens is 5. The number of anilines is 1. The zero-order valence-corrected chi connectivity index (χ0v) is 17.5.